The fourth-order valence-corrected chi connectivity index (χ4v) is 4.22. The van der Waals surface area contributed by atoms with Crippen molar-refractivity contribution in [3.63, 3.8) is 0 Å². The molecule has 0 radical (unpaired) electrons. The quantitative estimate of drug-likeness (QED) is 0.833. The van der Waals surface area contributed by atoms with Crippen LogP contribution in [0.15, 0.2) is 42.5 Å². The molecule has 2 heterocycles. The van der Waals surface area contributed by atoms with Gasteiger partial charge in [0.15, 0.2) is 11.0 Å². The first-order chi connectivity index (χ1) is 12.4. The van der Waals surface area contributed by atoms with Gasteiger partial charge in [0.2, 0.25) is 15.9 Å². The van der Waals surface area contributed by atoms with Gasteiger partial charge in [-0.2, -0.15) is 0 Å². The number of amides is 1. The van der Waals surface area contributed by atoms with Crippen molar-refractivity contribution in [1.29, 1.82) is 0 Å². The second-order valence-electron chi connectivity index (χ2n) is 6.21. The molecule has 1 amide bonds. The van der Waals surface area contributed by atoms with Crippen LogP contribution in [0.25, 0.3) is 0 Å². The summed E-state index contributed by atoms with van der Waals surface area (Å²) < 4.78 is 26.7. The van der Waals surface area contributed by atoms with E-state index in [1.807, 2.05) is 11.0 Å². The minimum absolute atomic E-state index is 0.224. The summed E-state index contributed by atoms with van der Waals surface area (Å²) in [5, 5.41) is 8.13. The third kappa shape index (κ3) is 4.92. The van der Waals surface area contributed by atoms with Crippen LogP contribution in [0.4, 0.5) is 5.82 Å². The van der Waals surface area contributed by atoms with E-state index >= 15 is 0 Å². The van der Waals surface area contributed by atoms with Gasteiger partial charge in [-0.05, 0) is 30.5 Å². The van der Waals surface area contributed by atoms with Gasteiger partial charge in [0.1, 0.15) is 0 Å². The molecule has 0 saturated carbocycles. The number of rotatable bonds is 5. The Kier molecular flexibility index (Phi) is 5.73. The highest BCUT2D eigenvalue weighted by molar-refractivity contribution is 7.89. The van der Waals surface area contributed by atoms with Crippen molar-refractivity contribution in [3.8, 4) is 0 Å². The second kappa shape index (κ2) is 8.01. The number of hydrogen-bond donors (Lipinski definition) is 1. The molecule has 0 spiro atoms. The molecule has 2 aromatic rings. The third-order valence-corrected chi connectivity index (χ3v) is 5.62. The molecular weight excluding hydrogens is 376 g/mol. The maximum Gasteiger partial charge on any atom is 0.239 e. The van der Waals surface area contributed by atoms with E-state index in [9.17, 15) is 13.2 Å². The Morgan fingerprint density at radius 2 is 1.96 bits per heavy atom. The normalized spacial score (nSPS) is 17.7. The number of halogens is 1. The lowest BCUT2D eigenvalue weighted by Gasteiger charge is -2.32. The van der Waals surface area contributed by atoms with Gasteiger partial charge in [-0.1, -0.05) is 41.9 Å². The number of nitrogens with zero attached hydrogens (tertiary/aromatic N) is 3. The zero-order valence-corrected chi connectivity index (χ0v) is 15.6. The zero-order valence-electron chi connectivity index (χ0n) is 14.0. The Bertz CT molecular complexity index is 859. The van der Waals surface area contributed by atoms with E-state index in [0.717, 1.165) is 13.0 Å². The lowest BCUT2D eigenvalue weighted by molar-refractivity contribution is -0.123. The predicted octanol–water partition coefficient (Wildman–Crippen LogP) is 1.99. The highest BCUT2D eigenvalue weighted by Crippen LogP contribution is 2.22. The molecule has 1 fully saturated rings. The van der Waals surface area contributed by atoms with Crippen LogP contribution in [0, 0.1) is 5.92 Å². The van der Waals surface area contributed by atoms with Gasteiger partial charge in [0.25, 0.3) is 0 Å². The summed E-state index contributed by atoms with van der Waals surface area (Å²) in [6, 6.07) is 12.1. The monoisotopic (exact) mass is 394 g/mol. The van der Waals surface area contributed by atoms with Crippen LogP contribution in [0.5, 0.6) is 0 Å². The van der Waals surface area contributed by atoms with Crippen molar-refractivity contribution in [3.05, 3.63) is 53.2 Å². The Hall–Kier alpha value is -2.19. The number of nitrogens with one attached hydrogen (secondary N) is 1. The summed E-state index contributed by atoms with van der Waals surface area (Å²) in [4.78, 5) is 14.4. The molecule has 1 saturated heterocycles. The highest BCUT2D eigenvalue weighted by Gasteiger charge is 2.29. The van der Waals surface area contributed by atoms with Crippen molar-refractivity contribution >= 4 is 33.3 Å². The molecule has 3 rings (SSSR count). The average molecular weight is 395 g/mol. The van der Waals surface area contributed by atoms with Crippen molar-refractivity contribution in [2.75, 3.05) is 18.0 Å². The van der Waals surface area contributed by atoms with E-state index in [-0.39, 0.29) is 5.75 Å². The molecule has 7 nitrogen and oxygen atoms in total. The molecule has 138 valence electrons. The number of benzene rings is 1. The van der Waals surface area contributed by atoms with E-state index in [1.54, 1.807) is 36.4 Å². The van der Waals surface area contributed by atoms with Crippen LogP contribution in [0.2, 0.25) is 5.15 Å². The summed E-state index contributed by atoms with van der Waals surface area (Å²) in [7, 11) is -3.73. The summed E-state index contributed by atoms with van der Waals surface area (Å²) in [5.41, 5.74) is 0.634. The van der Waals surface area contributed by atoms with Gasteiger partial charge >= 0.3 is 0 Å². The number of piperidine rings is 1. The number of carbonyl (C=O) groups excluding carboxylic acids is 1. The number of sulfonamides is 1. The first-order valence-electron chi connectivity index (χ1n) is 8.25. The number of carbonyl (C=O) groups is 1. The van der Waals surface area contributed by atoms with E-state index in [0.29, 0.717) is 29.5 Å². The van der Waals surface area contributed by atoms with E-state index < -0.39 is 21.8 Å². The van der Waals surface area contributed by atoms with Crippen LogP contribution in [0.3, 0.4) is 0 Å². The first-order valence-corrected chi connectivity index (χ1v) is 10.3. The fourth-order valence-electron chi connectivity index (χ4n) is 2.94. The minimum Gasteiger partial charge on any atom is -0.354 e. The van der Waals surface area contributed by atoms with E-state index in [4.69, 9.17) is 11.6 Å². The minimum atomic E-state index is -3.73. The first kappa shape index (κ1) is 18.6. The molecule has 9 heteroatoms. The smallest absolute Gasteiger partial charge is 0.239 e. The van der Waals surface area contributed by atoms with Crippen LogP contribution in [-0.2, 0) is 20.6 Å². The maximum absolute atomic E-state index is 12.5. The topological polar surface area (TPSA) is 92.3 Å². The van der Waals surface area contributed by atoms with E-state index in [2.05, 4.69) is 14.9 Å². The van der Waals surface area contributed by atoms with Crippen molar-refractivity contribution in [2.24, 2.45) is 5.92 Å². The molecule has 1 aliphatic rings. The molecule has 1 aromatic carbocycles. The number of anilines is 1. The van der Waals surface area contributed by atoms with Crippen molar-refractivity contribution < 1.29 is 13.2 Å². The molecule has 0 aliphatic carbocycles. The van der Waals surface area contributed by atoms with Crippen molar-refractivity contribution in [1.82, 2.24) is 14.9 Å². The average Bonchev–Trinajstić information content (AvgIpc) is 2.62. The van der Waals surface area contributed by atoms with Gasteiger partial charge in [0.05, 0.1) is 11.7 Å². The molecule has 0 bridgehead atoms. The Morgan fingerprint density at radius 3 is 2.65 bits per heavy atom. The van der Waals surface area contributed by atoms with Gasteiger partial charge in [0, 0.05) is 13.1 Å². The molecule has 1 atom stereocenters. The van der Waals surface area contributed by atoms with Gasteiger partial charge in [-0.15, -0.1) is 10.2 Å². The number of hydrogen-bond acceptors (Lipinski definition) is 6. The van der Waals surface area contributed by atoms with Crippen LogP contribution >= 0.6 is 11.6 Å². The fraction of sp³-hybridized carbons (Fsp3) is 0.353. The van der Waals surface area contributed by atoms with Gasteiger partial charge in [-0.25, -0.2) is 8.42 Å². The third-order valence-electron chi connectivity index (χ3n) is 4.19. The molecular formula is C17H19ClN4O3S. The van der Waals surface area contributed by atoms with Crippen LogP contribution in [0.1, 0.15) is 18.4 Å². The van der Waals surface area contributed by atoms with Crippen molar-refractivity contribution in [2.45, 2.75) is 18.6 Å². The van der Waals surface area contributed by atoms with Crippen LogP contribution in [-0.4, -0.2) is 37.6 Å². The summed E-state index contributed by atoms with van der Waals surface area (Å²) in [5.74, 6) is -0.503. The Morgan fingerprint density at radius 1 is 1.19 bits per heavy atom. The predicted molar refractivity (Wildman–Crippen MR) is 99.2 cm³/mol. The largest absolute Gasteiger partial charge is 0.354 e. The van der Waals surface area contributed by atoms with E-state index in [1.165, 1.54) is 0 Å². The second-order valence-corrected chi connectivity index (χ2v) is 8.32. The summed E-state index contributed by atoms with van der Waals surface area (Å²) >= 11 is 5.75. The Balaban J connectivity index is 1.62. The lowest BCUT2D eigenvalue weighted by atomic mass is 9.97. The Labute approximate surface area is 157 Å². The van der Waals surface area contributed by atoms with Gasteiger partial charge < -0.3 is 4.90 Å². The lowest BCUT2D eigenvalue weighted by Crippen LogP contribution is -2.45. The molecule has 1 aliphatic heterocycles. The highest BCUT2D eigenvalue weighted by atomic mass is 35.5. The zero-order chi connectivity index (χ0) is 18.6. The summed E-state index contributed by atoms with van der Waals surface area (Å²) in [6.45, 7) is 1.12. The SMILES string of the molecule is O=C(NS(=O)(=O)Cc1ccccc1)C1CCCN(c2ccc(Cl)nn2)C1. The maximum atomic E-state index is 12.5. The molecule has 1 N–H and O–H groups in total. The summed E-state index contributed by atoms with van der Waals surface area (Å²) in [6.07, 6.45) is 1.39. The number of aromatic nitrogens is 2. The molecule has 26 heavy (non-hydrogen) atoms. The molecule has 1 unspecified atom stereocenters. The van der Waals surface area contributed by atoms with Crippen LogP contribution < -0.4 is 9.62 Å². The standard InChI is InChI=1S/C17H19ClN4O3S/c18-15-8-9-16(20-19-15)22-10-4-7-14(11-22)17(23)21-26(24,25)12-13-5-2-1-3-6-13/h1-3,5-6,8-9,14H,4,7,10-12H2,(H,21,23). The van der Waals surface area contributed by atoms with Gasteiger partial charge in [-0.3, -0.25) is 9.52 Å². The molecule has 1 aromatic heterocycles.